The number of alkyl halides is 3. The van der Waals surface area contributed by atoms with Gasteiger partial charge in [-0.1, -0.05) is 6.07 Å². The third kappa shape index (κ3) is 5.19. The van der Waals surface area contributed by atoms with E-state index in [-0.39, 0.29) is 35.7 Å². The number of anilines is 2. The van der Waals surface area contributed by atoms with E-state index in [1.165, 1.54) is 23.1 Å². The molecule has 1 amide bonds. The van der Waals surface area contributed by atoms with Crippen molar-refractivity contribution in [2.24, 2.45) is 0 Å². The summed E-state index contributed by atoms with van der Waals surface area (Å²) in [5.41, 5.74) is -1.40. The molecule has 0 aliphatic rings. The maximum absolute atomic E-state index is 13.8. The van der Waals surface area contributed by atoms with E-state index in [1.54, 1.807) is 14.1 Å². The van der Waals surface area contributed by atoms with Crippen molar-refractivity contribution in [3.05, 3.63) is 65.7 Å². The number of hydrogen-bond acceptors (Lipinski definition) is 4. The standard InChI is InChI=1S/C21H18F5N3O2/c1-29(2)12-6-7-16(13(10-12)21(24,25)26)28-18(30)8-9-19-27-11-17(31-19)20-14(22)4-3-5-15(20)23/h3-7,10-11H,8-9H2,1-2H3,(H,28,30). The van der Waals surface area contributed by atoms with Gasteiger partial charge < -0.3 is 14.6 Å². The normalized spacial score (nSPS) is 11.5. The molecule has 0 bridgehead atoms. The Bertz CT molecular complexity index is 1070. The molecular weight excluding hydrogens is 421 g/mol. The van der Waals surface area contributed by atoms with Crippen molar-refractivity contribution < 1.29 is 31.2 Å². The molecule has 0 atom stereocenters. The molecule has 0 aliphatic carbocycles. The van der Waals surface area contributed by atoms with Crippen LogP contribution >= 0.6 is 0 Å². The van der Waals surface area contributed by atoms with E-state index in [0.29, 0.717) is 5.69 Å². The molecule has 0 unspecified atom stereocenters. The molecule has 0 aliphatic heterocycles. The maximum Gasteiger partial charge on any atom is 0.418 e. The fourth-order valence-electron chi connectivity index (χ4n) is 2.86. The van der Waals surface area contributed by atoms with E-state index in [1.807, 2.05) is 0 Å². The SMILES string of the molecule is CN(C)c1ccc(NC(=O)CCc2ncc(-c3c(F)cccc3F)o2)c(C(F)(F)F)c1. The lowest BCUT2D eigenvalue weighted by atomic mass is 10.1. The van der Waals surface area contributed by atoms with Crippen molar-refractivity contribution in [2.75, 3.05) is 24.3 Å². The minimum Gasteiger partial charge on any atom is -0.441 e. The molecule has 0 saturated heterocycles. The summed E-state index contributed by atoms with van der Waals surface area (Å²) in [7, 11) is 3.21. The summed E-state index contributed by atoms with van der Waals surface area (Å²) in [6, 6.07) is 6.91. The van der Waals surface area contributed by atoms with Gasteiger partial charge in [-0.15, -0.1) is 0 Å². The highest BCUT2D eigenvalue weighted by Gasteiger charge is 2.34. The summed E-state index contributed by atoms with van der Waals surface area (Å²) in [6.45, 7) is 0. The number of benzene rings is 2. The maximum atomic E-state index is 13.8. The second-order valence-corrected chi connectivity index (χ2v) is 6.89. The number of halogens is 5. The summed E-state index contributed by atoms with van der Waals surface area (Å²) in [4.78, 5) is 17.6. The minimum atomic E-state index is -4.66. The second kappa shape index (κ2) is 8.75. The number of oxazole rings is 1. The summed E-state index contributed by atoms with van der Waals surface area (Å²) >= 11 is 0. The number of rotatable bonds is 6. The number of hydrogen-bond donors (Lipinski definition) is 1. The predicted molar refractivity (Wildman–Crippen MR) is 105 cm³/mol. The lowest BCUT2D eigenvalue weighted by Crippen LogP contribution is -2.18. The molecule has 3 rings (SSSR count). The van der Waals surface area contributed by atoms with E-state index in [9.17, 15) is 26.7 Å². The zero-order chi connectivity index (χ0) is 22.8. The molecule has 1 N–H and O–H groups in total. The number of carbonyl (C=O) groups excluding carboxylic acids is 1. The molecule has 1 heterocycles. The first kappa shape index (κ1) is 22.3. The highest BCUT2D eigenvalue weighted by molar-refractivity contribution is 5.92. The summed E-state index contributed by atoms with van der Waals surface area (Å²) in [5.74, 6) is -2.49. The first-order valence-corrected chi connectivity index (χ1v) is 9.13. The Morgan fingerprint density at radius 1 is 1.13 bits per heavy atom. The molecule has 0 spiro atoms. The molecule has 0 saturated carbocycles. The van der Waals surface area contributed by atoms with Gasteiger partial charge in [-0.25, -0.2) is 13.8 Å². The lowest BCUT2D eigenvalue weighted by molar-refractivity contribution is -0.136. The average Bonchev–Trinajstić information content (AvgIpc) is 3.14. The fourth-order valence-corrected chi connectivity index (χ4v) is 2.86. The van der Waals surface area contributed by atoms with Crippen LogP contribution in [0.25, 0.3) is 11.3 Å². The van der Waals surface area contributed by atoms with Crippen molar-refractivity contribution in [1.82, 2.24) is 4.98 Å². The molecule has 2 aromatic carbocycles. The highest BCUT2D eigenvalue weighted by Crippen LogP contribution is 2.37. The first-order chi connectivity index (χ1) is 14.6. The third-order valence-corrected chi connectivity index (χ3v) is 4.43. The van der Waals surface area contributed by atoms with Crippen LogP contribution in [0.15, 0.2) is 47.0 Å². The summed E-state index contributed by atoms with van der Waals surface area (Å²) in [5, 5.41) is 2.24. The Kier molecular flexibility index (Phi) is 6.28. The smallest absolute Gasteiger partial charge is 0.418 e. The predicted octanol–water partition coefficient (Wildman–Crippen LogP) is 5.28. The summed E-state index contributed by atoms with van der Waals surface area (Å²) in [6.07, 6.45) is -3.85. The van der Waals surface area contributed by atoms with Crippen LogP contribution in [-0.2, 0) is 17.4 Å². The Morgan fingerprint density at radius 2 is 1.81 bits per heavy atom. The molecule has 3 aromatic rings. The molecule has 0 radical (unpaired) electrons. The van der Waals surface area contributed by atoms with Gasteiger partial charge in [0.05, 0.1) is 23.0 Å². The number of carbonyl (C=O) groups is 1. The van der Waals surface area contributed by atoms with Crippen LogP contribution in [0.3, 0.4) is 0 Å². The lowest BCUT2D eigenvalue weighted by Gasteiger charge is -2.18. The number of nitrogens with zero attached hydrogens (tertiary/aromatic N) is 2. The van der Waals surface area contributed by atoms with Gasteiger partial charge in [-0.3, -0.25) is 4.79 Å². The third-order valence-electron chi connectivity index (χ3n) is 4.43. The topological polar surface area (TPSA) is 58.4 Å². The molecule has 10 heteroatoms. The van der Waals surface area contributed by atoms with Crippen LogP contribution in [0.1, 0.15) is 17.9 Å². The first-order valence-electron chi connectivity index (χ1n) is 9.13. The van der Waals surface area contributed by atoms with Crippen LogP contribution in [-0.4, -0.2) is 25.0 Å². The molecule has 0 fully saturated rings. The second-order valence-electron chi connectivity index (χ2n) is 6.89. The number of amides is 1. The van der Waals surface area contributed by atoms with Crippen molar-refractivity contribution in [1.29, 1.82) is 0 Å². The van der Waals surface area contributed by atoms with E-state index in [4.69, 9.17) is 4.42 Å². The Morgan fingerprint density at radius 3 is 2.42 bits per heavy atom. The molecule has 164 valence electrons. The Balaban J connectivity index is 1.70. The van der Waals surface area contributed by atoms with Crippen LogP contribution < -0.4 is 10.2 Å². The average molecular weight is 439 g/mol. The van der Waals surface area contributed by atoms with Gasteiger partial charge in [-0.2, -0.15) is 13.2 Å². The number of aryl methyl sites for hydroxylation is 1. The minimum absolute atomic E-state index is 0.0202. The monoisotopic (exact) mass is 439 g/mol. The van der Waals surface area contributed by atoms with Crippen LogP contribution in [0.5, 0.6) is 0 Å². The highest BCUT2D eigenvalue weighted by atomic mass is 19.4. The van der Waals surface area contributed by atoms with Gasteiger partial charge in [-0.05, 0) is 30.3 Å². The quantitative estimate of drug-likeness (QED) is 0.532. The zero-order valence-corrected chi connectivity index (χ0v) is 16.6. The van der Waals surface area contributed by atoms with Gasteiger partial charge in [0.15, 0.2) is 11.7 Å². The van der Waals surface area contributed by atoms with Crippen LogP contribution in [0.4, 0.5) is 33.3 Å². The van der Waals surface area contributed by atoms with E-state index in [2.05, 4.69) is 10.3 Å². The number of nitrogens with one attached hydrogen (secondary N) is 1. The number of aromatic nitrogens is 1. The van der Waals surface area contributed by atoms with Crippen LogP contribution in [0.2, 0.25) is 0 Å². The largest absolute Gasteiger partial charge is 0.441 e. The Hall–Kier alpha value is -3.43. The van der Waals surface area contributed by atoms with E-state index in [0.717, 1.165) is 24.4 Å². The van der Waals surface area contributed by atoms with Crippen molar-refractivity contribution >= 4 is 17.3 Å². The molecule has 31 heavy (non-hydrogen) atoms. The van der Waals surface area contributed by atoms with Crippen molar-refractivity contribution in [3.8, 4) is 11.3 Å². The van der Waals surface area contributed by atoms with E-state index < -0.39 is 29.3 Å². The summed E-state index contributed by atoms with van der Waals surface area (Å²) < 4.78 is 73.0. The van der Waals surface area contributed by atoms with Gasteiger partial charge in [0.1, 0.15) is 11.6 Å². The van der Waals surface area contributed by atoms with E-state index >= 15 is 0 Å². The van der Waals surface area contributed by atoms with Crippen LogP contribution in [0, 0.1) is 11.6 Å². The molecule has 5 nitrogen and oxygen atoms in total. The van der Waals surface area contributed by atoms with Crippen molar-refractivity contribution in [3.63, 3.8) is 0 Å². The van der Waals surface area contributed by atoms with Gasteiger partial charge in [0.25, 0.3) is 0 Å². The molecule has 1 aromatic heterocycles. The van der Waals surface area contributed by atoms with Gasteiger partial charge in [0.2, 0.25) is 5.91 Å². The van der Waals surface area contributed by atoms with Gasteiger partial charge >= 0.3 is 6.18 Å². The molecular formula is C21H18F5N3O2. The fraction of sp³-hybridized carbons (Fsp3) is 0.238. The Labute approximate surface area is 174 Å². The zero-order valence-electron chi connectivity index (χ0n) is 16.6. The van der Waals surface area contributed by atoms with Crippen molar-refractivity contribution in [2.45, 2.75) is 19.0 Å². The van der Waals surface area contributed by atoms with Gasteiger partial charge in [0, 0.05) is 32.6 Å².